The van der Waals surface area contributed by atoms with Gasteiger partial charge in [0, 0.05) is 26.2 Å². The summed E-state index contributed by atoms with van der Waals surface area (Å²) in [5.74, 6) is -1.89. The maximum absolute atomic E-state index is 13.5. The SMILES string of the molecule is O=C(O)C1CCC2CN1C(=O)N2OCc1ccccc1.O=C(O)C1CCC2CN1C(=O)N2OCc1ccccc1.O=C1N2CC(CCC2Cl)N1OCc1ccccc1.O=C1N2CC(CCC2F)N1OCc1ccccc1. The number of carbonyl (C=O) groups is 6. The molecule has 8 amide bonds. The minimum atomic E-state index is -1.15. The van der Waals surface area contributed by atoms with Crippen molar-refractivity contribution in [3.05, 3.63) is 144 Å². The lowest BCUT2D eigenvalue weighted by Gasteiger charge is -2.26. The van der Waals surface area contributed by atoms with Gasteiger partial charge in [-0.05, 0) is 73.6 Å². The van der Waals surface area contributed by atoms with Gasteiger partial charge in [0.1, 0.15) is 44.0 Å². The Balaban J connectivity index is 0.000000124. The number of aliphatic carboxylic acids is 2. The van der Waals surface area contributed by atoms with Crippen LogP contribution in [0.2, 0.25) is 0 Å². The summed E-state index contributed by atoms with van der Waals surface area (Å²) in [4.78, 5) is 98.7. The molecule has 0 aromatic heterocycles. The second-order valence-corrected chi connectivity index (χ2v) is 20.1. The summed E-state index contributed by atoms with van der Waals surface area (Å²) in [5.41, 5.74) is 3.83. The number of fused-ring (bicyclic) bond motifs is 8. The van der Waals surface area contributed by atoms with Crippen molar-refractivity contribution in [1.82, 2.24) is 39.9 Å². The van der Waals surface area contributed by atoms with Crippen LogP contribution in [0.4, 0.5) is 23.6 Å². The second-order valence-electron chi connectivity index (χ2n) is 19.6. The summed E-state index contributed by atoms with van der Waals surface area (Å²) < 4.78 is 13.5. The predicted octanol–water partition coefficient (Wildman–Crippen LogP) is 7.84. The number of hydroxylamine groups is 8. The minimum absolute atomic E-state index is 0.00628. The van der Waals surface area contributed by atoms with E-state index in [1.165, 1.54) is 35.0 Å². The first-order valence-electron chi connectivity index (χ1n) is 25.6. The first kappa shape index (κ1) is 53.8. The van der Waals surface area contributed by atoms with Gasteiger partial charge >= 0.3 is 36.1 Å². The van der Waals surface area contributed by atoms with Gasteiger partial charge in [-0.15, -0.1) is 0 Å². The number of halogens is 2. The highest BCUT2D eigenvalue weighted by Gasteiger charge is 2.50. The van der Waals surface area contributed by atoms with Crippen molar-refractivity contribution in [2.45, 2.75) is 126 Å². The van der Waals surface area contributed by atoms with E-state index in [9.17, 15) is 33.2 Å². The average Bonchev–Trinajstić information content (AvgIpc) is 4.06. The molecular weight excluding hydrogens is 1010 g/mol. The third-order valence-corrected chi connectivity index (χ3v) is 15.0. The Morgan fingerprint density at radius 3 is 1.01 bits per heavy atom. The van der Waals surface area contributed by atoms with Gasteiger partial charge in [-0.1, -0.05) is 133 Å². The van der Waals surface area contributed by atoms with Crippen molar-refractivity contribution in [2.75, 3.05) is 26.2 Å². The number of hydrogen-bond donors (Lipinski definition) is 2. The molecule has 8 atom stereocenters. The van der Waals surface area contributed by atoms with Gasteiger partial charge in [-0.25, -0.2) is 33.2 Å². The third-order valence-electron chi connectivity index (χ3n) is 14.6. The van der Waals surface area contributed by atoms with Crippen LogP contribution in [0.5, 0.6) is 0 Å². The van der Waals surface area contributed by atoms with E-state index >= 15 is 0 Å². The normalized spacial score (nSPS) is 25.9. The maximum atomic E-state index is 13.5. The van der Waals surface area contributed by atoms with Crippen molar-refractivity contribution < 1.29 is 62.7 Å². The van der Waals surface area contributed by atoms with Gasteiger partial charge in [-0.2, -0.15) is 20.3 Å². The fraction of sp³-hybridized carbons (Fsp3) is 0.444. The number of rotatable bonds is 14. The number of carboxylic acids is 2. The summed E-state index contributed by atoms with van der Waals surface area (Å²) >= 11 is 6.11. The van der Waals surface area contributed by atoms with E-state index in [2.05, 4.69) is 0 Å². The molecule has 404 valence electrons. The van der Waals surface area contributed by atoms with Gasteiger partial charge < -0.3 is 24.9 Å². The molecule has 4 aromatic carbocycles. The fourth-order valence-corrected chi connectivity index (χ4v) is 10.8. The molecule has 8 heterocycles. The van der Waals surface area contributed by atoms with Crippen molar-refractivity contribution in [1.29, 1.82) is 0 Å². The Bertz CT molecular complexity index is 2460. The number of alkyl halides is 2. The van der Waals surface area contributed by atoms with E-state index in [1.807, 2.05) is 121 Å². The zero-order valence-corrected chi connectivity index (χ0v) is 42.5. The molecule has 8 unspecified atom stereocenters. The zero-order valence-electron chi connectivity index (χ0n) is 41.8. The van der Waals surface area contributed by atoms with E-state index in [4.69, 9.17) is 41.2 Å². The quantitative estimate of drug-likeness (QED) is 0.0916. The number of carbonyl (C=O) groups excluding carboxylic acids is 4. The number of urea groups is 4. The molecule has 0 aliphatic carbocycles. The van der Waals surface area contributed by atoms with Gasteiger partial charge in [0.05, 0.1) is 24.2 Å². The molecule has 0 radical (unpaired) electrons. The van der Waals surface area contributed by atoms with Crippen LogP contribution in [0.3, 0.4) is 0 Å². The largest absolute Gasteiger partial charge is 0.480 e. The maximum Gasteiger partial charge on any atom is 0.346 e. The Labute approximate surface area is 444 Å². The Morgan fingerprint density at radius 2 is 0.697 bits per heavy atom. The first-order valence-corrected chi connectivity index (χ1v) is 26.1. The summed E-state index contributed by atoms with van der Waals surface area (Å²) in [6.07, 6.45) is 3.95. The number of nitrogens with zero attached hydrogens (tertiary/aromatic N) is 8. The molecule has 8 fully saturated rings. The molecule has 12 rings (SSSR count). The Morgan fingerprint density at radius 1 is 0.421 bits per heavy atom. The standard InChI is InChI=1S/2C14H16N2O4.C13H15ClN2O2.C13H15FN2O2/c2*17-13(18)12-7-6-11-8-15(12)14(19)16(11)20-9-10-4-2-1-3-5-10;2*14-12-7-6-11-8-15(12)13(17)16(11)18-9-10-4-2-1-3-5-10/h2*1-5,11-12H,6-9H2,(H,17,18);2*1-5,11-12H,6-9H2. The highest BCUT2D eigenvalue weighted by atomic mass is 35.5. The molecule has 76 heavy (non-hydrogen) atoms. The third kappa shape index (κ3) is 12.5. The average molecular weight is 1070 g/mol. The van der Waals surface area contributed by atoms with Crippen LogP contribution in [-0.2, 0) is 55.4 Å². The molecule has 8 aliphatic rings. The molecule has 22 heteroatoms. The van der Waals surface area contributed by atoms with Crippen LogP contribution in [0.25, 0.3) is 0 Å². The molecule has 8 bridgehead atoms. The van der Waals surface area contributed by atoms with Crippen LogP contribution >= 0.6 is 11.6 Å². The van der Waals surface area contributed by atoms with Gasteiger partial charge in [0.2, 0.25) is 0 Å². The molecule has 8 aliphatic heterocycles. The highest BCUT2D eigenvalue weighted by Crippen LogP contribution is 2.34. The number of carboxylic acid groups (broad SMARTS) is 2. The molecule has 4 aromatic rings. The molecule has 0 spiro atoms. The Kier molecular flexibility index (Phi) is 17.5. The van der Waals surface area contributed by atoms with Crippen molar-refractivity contribution in [3.63, 3.8) is 0 Å². The van der Waals surface area contributed by atoms with E-state index in [-0.39, 0.29) is 53.8 Å². The summed E-state index contributed by atoms with van der Waals surface area (Å²) in [5, 5.41) is 23.8. The topological polar surface area (TPSA) is 206 Å². The summed E-state index contributed by atoms with van der Waals surface area (Å²) in [6, 6.07) is 36.2. The van der Waals surface area contributed by atoms with Crippen LogP contribution in [-0.4, -0.2) is 160 Å². The monoisotopic (exact) mass is 1070 g/mol. The summed E-state index contributed by atoms with van der Waals surface area (Å²) in [7, 11) is 0. The second kappa shape index (κ2) is 24.7. The van der Waals surface area contributed by atoms with Gasteiger partial charge in [0.25, 0.3) is 0 Å². The lowest BCUT2D eigenvalue weighted by Crippen LogP contribution is -2.44. The highest BCUT2D eigenvalue weighted by molar-refractivity contribution is 6.21. The molecule has 2 N–H and O–H groups in total. The molecule has 20 nitrogen and oxygen atoms in total. The number of benzene rings is 4. The van der Waals surface area contributed by atoms with E-state index in [0.717, 1.165) is 35.1 Å². The zero-order chi connectivity index (χ0) is 53.3. The smallest absolute Gasteiger partial charge is 0.346 e. The van der Waals surface area contributed by atoms with Gasteiger partial charge in [0.15, 0.2) is 6.30 Å². The van der Waals surface area contributed by atoms with Crippen molar-refractivity contribution in [3.8, 4) is 0 Å². The fourth-order valence-electron chi connectivity index (χ4n) is 10.5. The number of hydrogen-bond acceptors (Lipinski definition) is 10. The predicted molar refractivity (Wildman–Crippen MR) is 270 cm³/mol. The minimum Gasteiger partial charge on any atom is -0.480 e. The van der Waals surface area contributed by atoms with Crippen LogP contribution in [0.15, 0.2) is 121 Å². The lowest BCUT2D eigenvalue weighted by molar-refractivity contribution is -0.144. The summed E-state index contributed by atoms with van der Waals surface area (Å²) in [6.45, 7) is 3.38. The van der Waals surface area contributed by atoms with Crippen LogP contribution in [0, 0.1) is 0 Å². The van der Waals surface area contributed by atoms with E-state index < -0.39 is 30.3 Å². The number of piperidine rings is 4. The molecular formula is C54H62ClFN8O12. The van der Waals surface area contributed by atoms with E-state index in [0.29, 0.717) is 91.1 Å². The van der Waals surface area contributed by atoms with Crippen LogP contribution in [0.1, 0.15) is 73.6 Å². The van der Waals surface area contributed by atoms with Crippen molar-refractivity contribution in [2.24, 2.45) is 0 Å². The van der Waals surface area contributed by atoms with Gasteiger partial charge in [-0.3, -0.25) is 24.3 Å². The van der Waals surface area contributed by atoms with Crippen LogP contribution < -0.4 is 0 Å². The van der Waals surface area contributed by atoms with E-state index in [1.54, 1.807) is 4.90 Å². The molecule has 8 saturated heterocycles. The molecule has 0 saturated carbocycles. The lowest BCUT2D eigenvalue weighted by atomic mass is 10.0. The Hall–Kier alpha value is -7.04. The number of amides is 8. The van der Waals surface area contributed by atoms with Crippen molar-refractivity contribution >= 4 is 47.7 Å². The first-order chi connectivity index (χ1) is 36.8.